The maximum Gasteiger partial charge on any atom is 0.226 e. The van der Waals surface area contributed by atoms with Crippen molar-refractivity contribution in [2.24, 2.45) is 0 Å². The molecule has 0 spiro atoms. The number of nitrogens with zero attached hydrogens (tertiary/aromatic N) is 3. The Kier molecular flexibility index (Phi) is 8.57. The zero-order valence-corrected chi connectivity index (χ0v) is 22.5. The second-order valence-corrected chi connectivity index (χ2v) is 10.5. The van der Waals surface area contributed by atoms with Gasteiger partial charge in [0.05, 0.1) is 13.0 Å². The minimum atomic E-state index is -0.369. The van der Waals surface area contributed by atoms with E-state index in [1.54, 1.807) is 19.1 Å². The van der Waals surface area contributed by atoms with Gasteiger partial charge in [-0.05, 0) is 48.6 Å². The fraction of sp³-hybridized carbons (Fsp3) is 0.375. The zero-order valence-electron chi connectivity index (χ0n) is 22.5. The molecule has 2 aliphatic heterocycles. The molecule has 0 aliphatic carbocycles. The number of halogens is 1. The van der Waals surface area contributed by atoms with Crippen molar-refractivity contribution in [3.8, 4) is 5.75 Å². The highest BCUT2D eigenvalue weighted by Crippen LogP contribution is 2.32. The smallest absolute Gasteiger partial charge is 0.226 e. The van der Waals surface area contributed by atoms with Crippen LogP contribution >= 0.6 is 0 Å². The van der Waals surface area contributed by atoms with Crippen LogP contribution in [0.15, 0.2) is 78.9 Å². The van der Waals surface area contributed by atoms with Crippen LogP contribution in [0, 0.1) is 5.82 Å². The van der Waals surface area contributed by atoms with Crippen LogP contribution in [0.1, 0.15) is 43.7 Å². The second-order valence-electron chi connectivity index (χ2n) is 10.5. The summed E-state index contributed by atoms with van der Waals surface area (Å²) in [4.78, 5) is 32.8. The Morgan fingerprint density at radius 3 is 2.49 bits per heavy atom. The summed E-state index contributed by atoms with van der Waals surface area (Å²) in [6, 6.07) is 24.9. The fourth-order valence-corrected chi connectivity index (χ4v) is 5.89. The molecule has 0 N–H and O–H groups in total. The third-order valence-corrected chi connectivity index (χ3v) is 7.85. The molecule has 0 saturated carbocycles. The lowest BCUT2D eigenvalue weighted by atomic mass is 10.1. The average molecular weight is 530 g/mol. The molecule has 2 atom stereocenters. The average Bonchev–Trinajstić information content (AvgIpc) is 3.28. The minimum absolute atomic E-state index is 0.00669. The van der Waals surface area contributed by atoms with Gasteiger partial charge in [-0.1, -0.05) is 54.6 Å². The number of anilines is 1. The van der Waals surface area contributed by atoms with Gasteiger partial charge in [0.25, 0.3) is 0 Å². The van der Waals surface area contributed by atoms with Crippen molar-refractivity contribution in [1.29, 1.82) is 0 Å². The summed E-state index contributed by atoms with van der Waals surface area (Å²) in [7, 11) is 0. The third kappa shape index (κ3) is 6.66. The monoisotopic (exact) mass is 529 g/mol. The zero-order chi connectivity index (χ0) is 27.2. The Bertz CT molecular complexity index is 1280. The standard InChI is InChI=1S/C32H36FN3O3/c1-24(37)35-18-16-28-14-15-29(36(28)21-25-8-3-2-4-9-25)23-34(22-26-10-5-6-13-31(26)35)32(38)17-19-39-30-12-7-11-27(33)20-30/h2-13,20,28-29H,14-19,21-23H2,1H3/t28-,29+/m0/s1. The van der Waals surface area contributed by atoms with Gasteiger partial charge < -0.3 is 14.5 Å². The molecule has 0 aromatic heterocycles. The molecule has 2 heterocycles. The largest absolute Gasteiger partial charge is 0.493 e. The van der Waals surface area contributed by atoms with Crippen LogP contribution in [0.2, 0.25) is 0 Å². The Hall–Kier alpha value is -3.71. The van der Waals surface area contributed by atoms with Crippen molar-refractivity contribution >= 4 is 17.5 Å². The molecule has 0 radical (unpaired) electrons. The van der Waals surface area contributed by atoms with Gasteiger partial charge in [-0.25, -0.2) is 4.39 Å². The van der Waals surface area contributed by atoms with Gasteiger partial charge in [0.15, 0.2) is 0 Å². The molecular formula is C32H36FN3O3. The highest BCUT2D eigenvalue weighted by atomic mass is 19.1. The number of fused-ring (bicyclic) bond motifs is 3. The molecule has 39 heavy (non-hydrogen) atoms. The van der Waals surface area contributed by atoms with Crippen molar-refractivity contribution in [3.63, 3.8) is 0 Å². The molecule has 1 saturated heterocycles. The van der Waals surface area contributed by atoms with Crippen LogP contribution in [0.25, 0.3) is 0 Å². The Morgan fingerprint density at radius 2 is 1.69 bits per heavy atom. The van der Waals surface area contributed by atoms with Crippen molar-refractivity contribution in [2.75, 3.05) is 24.6 Å². The van der Waals surface area contributed by atoms with Crippen molar-refractivity contribution in [2.45, 2.75) is 57.8 Å². The van der Waals surface area contributed by atoms with Gasteiger partial charge in [-0.15, -0.1) is 0 Å². The first-order chi connectivity index (χ1) is 19.0. The number of carbonyl (C=O) groups excluding carboxylic acids is 2. The topological polar surface area (TPSA) is 53.1 Å². The summed E-state index contributed by atoms with van der Waals surface area (Å²) >= 11 is 0. The molecule has 204 valence electrons. The molecule has 3 aromatic rings. The summed E-state index contributed by atoms with van der Waals surface area (Å²) in [5.41, 5.74) is 3.07. The number of carbonyl (C=O) groups is 2. The first-order valence-corrected chi connectivity index (χ1v) is 13.8. The molecule has 7 heteroatoms. The Morgan fingerprint density at radius 1 is 0.923 bits per heavy atom. The normalized spacial score (nSPS) is 19.7. The van der Waals surface area contributed by atoms with Crippen molar-refractivity contribution < 1.29 is 18.7 Å². The summed E-state index contributed by atoms with van der Waals surface area (Å²) in [5, 5.41) is 0. The van der Waals surface area contributed by atoms with E-state index in [2.05, 4.69) is 29.2 Å². The summed E-state index contributed by atoms with van der Waals surface area (Å²) in [5.74, 6) is 0.0347. The first-order valence-electron chi connectivity index (χ1n) is 13.8. The van der Waals surface area contributed by atoms with Gasteiger partial charge in [0, 0.05) is 56.9 Å². The van der Waals surface area contributed by atoms with Gasteiger partial charge >= 0.3 is 0 Å². The number of benzene rings is 3. The quantitative estimate of drug-likeness (QED) is 0.428. The van der Waals surface area contributed by atoms with E-state index in [1.165, 1.54) is 17.7 Å². The number of para-hydroxylation sites is 1. The van der Waals surface area contributed by atoms with Gasteiger partial charge in [-0.3, -0.25) is 14.5 Å². The molecule has 2 bridgehead atoms. The predicted octanol–water partition coefficient (Wildman–Crippen LogP) is 5.41. The summed E-state index contributed by atoms with van der Waals surface area (Å²) < 4.78 is 19.3. The van der Waals surface area contributed by atoms with Crippen LogP contribution in [-0.4, -0.2) is 53.4 Å². The SMILES string of the molecule is CC(=O)N1CC[C@@H]2CC[C@H](CN(C(=O)CCOc3cccc(F)c3)Cc3ccccc31)N2Cc1ccccc1. The van der Waals surface area contributed by atoms with E-state index in [4.69, 9.17) is 4.74 Å². The molecular weight excluding hydrogens is 493 g/mol. The van der Waals surface area contributed by atoms with E-state index in [9.17, 15) is 14.0 Å². The van der Waals surface area contributed by atoms with Crippen LogP contribution in [0.3, 0.4) is 0 Å². The van der Waals surface area contributed by atoms with Crippen LogP contribution in [0.5, 0.6) is 5.75 Å². The third-order valence-electron chi connectivity index (χ3n) is 7.85. The molecule has 1 fully saturated rings. The predicted molar refractivity (Wildman–Crippen MR) is 150 cm³/mol. The first kappa shape index (κ1) is 26.9. The van der Waals surface area contributed by atoms with E-state index in [-0.39, 0.29) is 36.7 Å². The van der Waals surface area contributed by atoms with Crippen LogP contribution in [-0.2, 0) is 22.7 Å². The summed E-state index contributed by atoms with van der Waals surface area (Å²) in [6.45, 7) is 4.26. The fourth-order valence-electron chi connectivity index (χ4n) is 5.89. The Balaban J connectivity index is 1.40. The number of amides is 2. The van der Waals surface area contributed by atoms with Gasteiger partial charge in [0.1, 0.15) is 11.6 Å². The molecule has 2 aliphatic rings. The molecule has 0 unspecified atom stereocenters. The highest BCUT2D eigenvalue weighted by molar-refractivity contribution is 5.92. The number of rotatable bonds is 6. The lowest BCUT2D eigenvalue weighted by Crippen LogP contribution is -2.45. The minimum Gasteiger partial charge on any atom is -0.493 e. The van der Waals surface area contributed by atoms with E-state index in [0.717, 1.165) is 37.1 Å². The van der Waals surface area contributed by atoms with Gasteiger partial charge in [-0.2, -0.15) is 0 Å². The lowest BCUT2D eigenvalue weighted by molar-refractivity contribution is -0.133. The van der Waals surface area contributed by atoms with E-state index in [0.29, 0.717) is 31.4 Å². The number of hydrogen-bond acceptors (Lipinski definition) is 4. The van der Waals surface area contributed by atoms with E-state index < -0.39 is 0 Å². The molecule has 2 amide bonds. The number of ether oxygens (including phenoxy) is 1. The van der Waals surface area contributed by atoms with Crippen molar-refractivity contribution in [1.82, 2.24) is 9.80 Å². The summed E-state index contributed by atoms with van der Waals surface area (Å²) in [6.07, 6.45) is 3.11. The van der Waals surface area contributed by atoms with Crippen molar-refractivity contribution in [3.05, 3.63) is 95.8 Å². The maximum atomic E-state index is 13.6. The number of hydrogen-bond donors (Lipinski definition) is 0. The van der Waals surface area contributed by atoms with Gasteiger partial charge in [0.2, 0.25) is 11.8 Å². The molecule has 6 nitrogen and oxygen atoms in total. The van der Waals surface area contributed by atoms with Crippen LogP contribution in [0.4, 0.5) is 10.1 Å². The van der Waals surface area contributed by atoms with Crippen LogP contribution < -0.4 is 9.64 Å². The Labute approximate surface area is 230 Å². The molecule has 3 aromatic carbocycles. The maximum absolute atomic E-state index is 13.6. The molecule has 5 rings (SSSR count). The lowest BCUT2D eigenvalue weighted by Gasteiger charge is -2.34. The second kappa shape index (κ2) is 12.4. The van der Waals surface area contributed by atoms with E-state index in [1.807, 2.05) is 40.1 Å². The van der Waals surface area contributed by atoms with E-state index >= 15 is 0 Å². The highest BCUT2D eigenvalue weighted by Gasteiger charge is 2.36.